The summed E-state index contributed by atoms with van der Waals surface area (Å²) in [4.78, 5) is 5.06. The van der Waals surface area contributed by atoms with Crippen molar-refractivity contribution in [3.63, 3.8) is 0 Å². The third-order valence-corrected chi connectivity index (χ3v) is 4.62. The third kappa shape index (κ3) is 4.40. The van der Waals surface area contributed by atoms with Gasteiger partial charge in [0.05, 0.1) is 0 Å². The smallest absolute Gasteiger partial charge is 0.00126 e. The molecule has 0 radical (unpaired) electrons. The van der Waals surface area contributed by atoms with Gasteiger partial charge in [-0.05, 0) is 78.0 Å². The second-order valence-corrected chi connectivity index (χ2v) is 6.68. The van der Waals surface area contributed by atoms with Crippen LogP contribution in [-0.2, 0) is 0 Å². The largest absolute Gasteiger partial charge is 0.306 e. The Kier molecular flexibility index (Phi) is 5.25. The molecule has 0 aromatic carbocycles. The van der Waals surface area contributed by atoms with Crippen molar-refractivity contribution in [3.8, 4) is 0 Å². The fourth-order valence-corrected chi connectivity index (χ4v) is 3.57. The molecule has 1 aliphatic heterocycles. The van der Waals surface area contributed by atoms with Crippen LogP contribution in [0.1, 0.15) is 39.0 Å². The van der Waals surface area contributed by atoms with Gasteiger partial charge < -0.3 is 9.80 Å². The normalized spacial score (nSPS) is 29.9. The number of rotatable bonds is 5. The molecule has 1 fully saturated rings. The molecule has 1 saturated heterocycles. The van der Waals surface area contributed by atoms with Gasteiger partial charge in [0.1, 0.15) is 0 Å². The fraction of sp³-hybridized carbons (Fsp3) is 0.875. The van der Waals surface area contributed by atoms with E-state index in [4.69, 9.17) is 0 Å². The summed E-state index contributed by atoms with van der Waals surface area (Å²) in [6.45, 7) is 7.47. The average molecular weight is 250 g/mol. The zero-order valence-electron chi connectivity index (χ0n) is 12.5. The van der Waals surface area contributed by atoms with Gasteiger partial charge >= 0.3 is 0 Å². The number of likely N-dealkylation sites (tertiary alicyclic amines) is 1. The predicted molar refractivity (Wildman–Crippen MR) is 78.8 cm³/mol. The number of piperidine rings is 1. The molecule has 0 bridgehead atoms. The lowest BCUT2D eigenvalue weighted by Crippen LogP contribution is -2.34. The maximum absolute atomic E-state index is 2.56. The highest BCUT2D eigenvalue weighted by atomic mass is 15.1. The molecule has 2 nitrogen and oxygen atoms in total. The van der Waals surface area contributed by atoms with Gasteiger partial charge in [-0.15, -0.1) is 0 Å². The summed E-state index contributed by atoms with van der Waals surface area (Å²) in [5.74, 6) is 1.83. The molecule has 0 saturated carbocycles. The van der Waals surface area contributed by atoms with E-state index in [1.807, 2.05) is 0 Å². The van der Waals surface area contributed by atoms with Crippen LogP contribution >= 0.6 is 0 Å². The summed E-state index contributed by atoms with van der Waals surface area (Å²) in [6, 6.07) is 0. The molecule has 2 aliphatic rings. The van der Waals surface area contributed by atoms with Gasteiger partial charge in [0.2, 0.25) is 0 Å². The van der Waals surface area contributed by atoms with E-state index in [-0.39, 0.29) is 0 Å². The van der Waals surface area contributed by atoms with Crippen molar-refractivity contribution in [2.45, 2.75) is 39.0 Å². The van der Waals surface area contributed by atoms with E-state index >= 15 is 0 Å². The number of allylic oxidation sites excluding steroid dienone is 2. The Labute approximate surface area is 113 Å². The van der Waals surface area contributed by atoms with Crippen LogP contribution in [0.25, 0.3) is 0 Å². The van der Waals surface area contributed by atoms with Gasteiger partial charge in [-0.3, -0.25) is 0 Å². The van der Waals surface area contributed by atoms with Crippen molar-refractivity contribution >= 4 is 0 Å². The summed E-state index contributed by atoms with van der Waals surface area (Å²) < 4.78 is 0. The van der Waals surface area contributed by atoms with E-state index in [0.717, 1.165) is 11.8 Å². The summed E-state index contributed by atoms with van der Waals surface area (Å²) in [6.07, 6.45) is 9.30. The molecule has 0 spiro atoms. The van der Waals surface area contributed by atoms with Crippen LogP contribution < -0.4 is 0 Å². The van der Waals surface area contributed by atoms with Gasteiger partial charge in [-0.1, -0.05) is 11.6 Å². The molecule has 2 unspecified atom stereocenters. The lowest BCUT2D eigenvalue weighted by molar-refractivity contribution is 0.180. The van der Waals surface area contributed by atoms with Crippen LogP contribution in [0.3, 0.4) is 0 Å². The first-order valence-corrected chi connectivity index (χ1v) is 7.66. The highest BCUT2D eigenvalue weighted by molar-refractivity contribution is 5.07. The van der Waals surface area contributed by atoms with Crippen LogP contribution in [0, 0.1) is 11.8 Å². The highest BCUT2D eigenvalue weighted by Gasteiger charge is 2.19. The molecule has 0 aromatic heterocycles. The standard InChI is InChI=1S/C16H30N2/c1-14-6-7-16(11-14)13-18(3)10-8-15-5-4-9-17(2)12-15/h6,15-16H,4-5,7-13H2,1-3H3. The van der Waals surface area contributed by atoms with Crippen LogP contribution in [0.5, 0.6) is 0 Å². The van der Waals surface area contributed by atoms with Gasteiger partial charge in [0.25, 0.3) is 0 Å². The van der Waals surface area contributed by atoms with E-state index in [9.17, 15) is 0 Å². The summed E-state index contributed by atoms with van der Waals surface area (Å²) in [5.41, 5.74) is 1.60. The van der Waals surface area contributed by atoms with E-state index < -0.39 is 0 Å². The van der Waals surface area contributed by atoms with Crippen molar-refractivity contribution in [2.24, 2.45) is 11.8 Å². The molecule has 18 heavy (non-hydrogen) atoms. The number of hydrogen-bond acceptors (Lipinski definition) is 2. The Balaban J connectivity index is 1.61. The van der Waals surface area contributed by atoms with Crippen molar-refractivity contribution in [1.82, 2.24) is 9.80 Å². The van der Waals surface area contributed by atoms with E-state index in [1.165, 1.54) is 58.3 Å². The minimum absolute atomic E-state index is 0.893. The first-order chi connectivity index (χ1) is 8.63. The molecular formula is C16H30N2. The van der Waals surface area contributed by atoms with E-state index in [2.05, 4.69) is 36.9 Å². The topological polar surface area (TPSA) is 6.48 Å². The zero-order chi connectivity index (χ0) is 13.0. The van der Waals surface area contributed by atoms with Crippen LogP contribution in [0.2, 0.25) is 0 Å². The molecule has 0 N–H and O–H groups in total. The minimum atomic E-state index is 0.893. The zero-order valence-corrected chi connectivity index (χ0v) is 12.5. The second kappa shape index (κ2) is 6.72. The second-order valence-electron chi connectivity index (χ2n) is 6.68. The first kappa shape index (κ1) is 14.1. The molecule has 0 amide bonds. The van der Waals surface area contributed by atoms with Crippen molar-refractivity contribution in [2.75, 3.05) is 40.3 Å². The molecule has 104 valence electrons. The van der Waals surface area contributed by atoms with Crippen LogP contribution in [0.4, 0.5) is 0 Å². The monoisotopic (exact) mass is 250 g/mol. The SMILES string of the molecule is CC1=CCC(CN(C)CCC2CCCN(C)C2)C1. The van der Waals surface area contributed by atoms with Gasteiger partial charge in [-0.25, -0.2) is 0 Å². The van der Waals surface area contributed by atoms with E-state index in [0.29, 0.717) is 0 Å². The Morgan fingerprint density at radius 3 is 2.89 bits per heavy atom. The predicted octanol–water partition coefficient (Wildman–Crippen LogP) is 3.01. The fourth-order valence-electron chi connectivity index (χ4n) is 3.57. The quantitative estimate of drug-likeness (QED) is 0.692. The van der Waals surface area contributed by atoms with Crippen molar-refractivity contribution in [3.05, 3.63) is 11.6 Å². The summed E-state index contributed by atoms with van der Waals surface area (Å²) in [5, 5.41) is 0. The molecule has 1 heterocycles. The minimum Gasteiger partial charge on any atom is -0.306 e. The Morgan fingerprint density at radius 2 is 2.22 bits per heavy atom. The van der Waals surface area contributed by atoms with Crippen LogP contribution in [0.15, 0.2) is 11.6 Å². The first-order valence-electron chi connectivity index (χ1n) is 7.66. The van der Waals surface area contributed by atoms with Crippen molar-refractivity contribution in [1.29, 1.82) is 0 Å². The lowest BCUT2D eigenvalue weighted by Gasteiger charge is -2.31. The van der Waals surface area contributed by atoms with Gasteiger partial charge in [0.15, 0.2) is 0 Å². The maximum Gasteiger partial charge on any atom is 0.00126 e. The summed E-state index contributed by atoms with van der Waals surface area (Å²) >= 11 is 0. The molecule has 2 atom stereocenters. The molecule has 2 heteroatoms. The lowest BCUT2D eigenvalue weighted by atomic mass is 9.95. The molecule has 2 rings (SSSR count). The summed E-state index contributed by atoms with van der Waals surface area (Å²) in [7, 11) is 4.57. The molecule has 0 aromatic rings. The Morgan fingerprint density at radius 1 is 1.39 bits per heavy atom. The highest BCUT2D eigenvalue weighted by Crippen LogP contribution is 2.25. The molecule has 1 aliphatic carbocycles. The Bertz CT molecular complexity index is 285. The Hall–Kier alpha value is -0.340. The number of nitrogens with zero attached hydrogens (tertiary/aromatic N) is 2. The van der Waals surface area contributed by atoms with E-state index in [1.54, 1.807) is 5.57 Å². The van der Waals surface area contributed by atoms with Crippen LogP contribution in [-0.4, -0.2) is 50.1 Å². The molecular weight excluding hydrogens is 220 g/mol. The number of hydrogen-bond donors (Lipinski definition) is 0. The average Bonchev–Trinajstić information content (AvgIpc) is 2.72. The van der Waals surface area contributed by atoms with Crippen molar-refractivity contribution < 1.29 is 0 Å². The third-order valence-electron chi connectivity index (χ3n) is 4.62. The van der Waals surface area contributed by atoms with Gasteiger partial charge in [0, 0.05) is 13.1 Å². The van der Waals surface area contributed by atoms with Gasteiger partial charge in [-0.2, -0.15) is 0 Å². The maximum atomic E-state index is 2.56.